The van der Waals surface area contributed by atoms with Crippen molar-refractivity contribution in [3.05, 3.63) is 48.1 Å². The van der Waals surface area contributed by atoms with Gasteiger partial charge in [-0.15, -0.1) is 11.6 Å². The zero-order valence-electron chi connectivity index (χ0n) is 15.4. The van der Waals surface area contributed by atoms with Crippen molar-refractivity contribution >= 4 is 62.0 Å². The molecule has 6 N–H and O–H groups in total. The number of sulfonamides is 1. The number of para-hydroxylation sites is 1. The summed E-state index contributed by atoms with van der Waals surface area (Å²) in [5.74, 6) is -0.309. The Morgan fingerprint density at radius 2 is 1.90 bits per heavy atom. The lowest BCUT2D eigenvalue weighted by atomic mass is 9.84. The van der Waals surface area contributed by atoms with E-state index in [-0.39, 0.29) is 5.91 Å². The van der Waals surface area contributed by atoms with Crippen molar-refractivity contribution in [3.8, 4) is 0 Å². The van der Waals surface area contributed by atoms with Gasteiger partial charge in [-0.2, -0.15) is 4.72 Å². The maximum absolute atomic E-state index is 11.8. The molecule has 156 valence electrons. The highest BCUT2D eigenvalue weighted by Gasteiger charge is 2.53. The second-order valence-electron chi connectivity index (χ2n) is 6.33. The molecule has 0 saturated carbocycles. The molecule has 0 aromatic heterocycles. The predicted molar refractivity (Wildman–Crippen MR) is 115 cm³/mol. The van der Waals surface area contributed by atoms with Gasteiger partial charge in [0.15, 0.2) is 10.6 Å². The van der Waals surface area contributed by atoms with E-state index in [0.717, 1.165) is 12.3 Å². The number of alkyl halides is 1. The van der Waals surface area contributed by atoms with Crippen LogP contribution in [0.4, 0.5) is 10.5 Å². The number of hydrogen-bond acceptors (Lipinski definition) is 6. The number of carbonyl (C=O) groups excluding carboxylic acids is 2. The van der Waals surface area contributed by atoms with E-state index in [2.05, 4.69) is 10.6 Å². The molecule has 0 aliphatic heterocycles. The van der Waals surface area contributed by atoms with E-state index in [1.165, 1.54) is 19.1 Å². The topological polar surface area (TPSA) is 151 Å². The van der Waals surface area contributed by atoms with Gasteiger partial charge in [-0.25, -0.2) is 13.2 Å². The van der Waals surface area contributed by atoms with Gasteiger partial charge in [-0.1, -0.05) is 36.5 Å². The highest BCUT2D eigenvalue weighted by atomic mass is 35.5. The SMILES string of the molecule is CC(=O)Nc1ccccc1C1=CC(Cl)(C(=S)NC(N)=O)C(O)(NS(C)(=O)=O)C=C1. The van der Waals surface area contributed by atoms with Gasteiger partial charge in [0.25, 0.3) is 0 Å². The van der Waals surface area contributed by atoms with Crippen LogP contribution in [0.5, 0.6) is 0 Å². The fourth-order valence-corrected chi connectivity index (χ4v) is 4.18. The molecule has 1 aromatic rings. The Labute approximate surface area is 178 Å². The van der Waals surface area contributed by atoms with Gasteiger partial charge in [-0.05, 0) is 23.8 Å². The number of nitrogens with one attached hydrogen (secondary N) is 3. The lowest BCUT2D eigenvalue weighted by Gasteiger charge is -2.41. The lowest BCUT2D eigenvalue weighted by Crippen LogP contribution is -2.66. The molecule has 3 amide bonds. The Morgan fingerprint density at radius 3 is 2.45 bits per heavy atom. The minimum Gasteiger partial charge on any atom is -0.369 e. The van der Waals surface area contributed by atoms with E-state index in [1.807, 2.05) is 4.72 Å². The van der Waals surface area contributed by atoms with E-state index < -0.39 is 31.6 Å². The zero-order chi connectivity index (χ0) is 22.0. The molecule has 29 heavy (non-hydrogen) atoms. The molecule has 2 atom stereocenters. The van der Waals surface area contributed by atoms with Crippen LogP contribution in [0.25, 0.3) is 5.57 Å². The van der Waals surface area contributed by atoms with Crippen molar-refractivity contribution in [2.75, 3.05) is 11.6 Å². The average molecular weight is 459 g/mol. The number of urea groups is 1. The van der Waals surface area contributed by atoms with Crippen LogP contribution in [-0.4, -0.2) is 47.3 Å². The number of nitrogens with two attached hydrogens (primary N) is 1. The summed E-state index contributed by atoms with van der Waals surface area (Å²) in [6.07, 6.45) is 4.60. The molecule has 0 bridgehead atoms. The first kappa shape index (κ1) is 23.0. The van der Waals surface area contributed by atoms with Gasteiger partial charge < -0.3 is 21.5 Å². The number of rotatable bonds is 5. The largest absolute Gasteiger partial charge is 0.369 e. The molecule has 0 fully saturated rings. The first-order valence-electron chi connectivity index (χ1n) is 8.07. The third-order valence-electron chi connectivity index (χ3n) is 3.87. The van der Waals surface area contributed by atoms with Gasteiger partial charge in [0.05, 0.1) is 6.26 Å². The van der Waals surface area contributed by atoms with Crippen molar-refractivity contribution in [1.82, 2.24) is 10.0 Å². The first-order chi connectivity index (χ1) is 13.3. The van der Waals surface area contributed by atoms with Crippen LogP contribution < -0.4 is 21.1 Å². The third-order valence-corrected chi connectivity index (χ3v) is 5.67. The van der Waals surface area contributed by atoms with Crippen molar-refractivity contribution in [3.63, 3.8) is 0 Å². The number of halogens is 1. The van der Waals surface area contributed by atoms with Crippen LogP contribution in [-0.2, 0) is 14.8 Å². The number of primary amides is 1. The summed E-state index contributed by atoms with van der Waals surface area (Å²) < 4.78 is 25.6. The second kappa shape index (κ2) is 8.20. The molecule has 1 aliphatic carbocycles. The van der Waals surface area contributed by atoms with Crippen LogP contribution >= 0.6 is 23.8 Å². The van der Waals surface area contributed by atoms with Crippen LogP contribution in [0.2, 0.25) is 0 Å². The Bertz CT molecular complexity index is 1040. The fraction of sp³-hybridized carbons (Fsp3) is 0.235. The van der Waals surface area contributed by atoms with Crippen LogP contribution in [0.15, 0.2) is 42.5 Å². The van der Waals surface area contributed by atoms with Gasteiger partial charge in [0, 0.05) is 18.2 Å². The summed E-state index contributed by atoms with van der Waals surface area (Å²) in [6, 6.07) is 5.70. The summed E-state index contributed by atoms with van der Waals surface area (Å²) >= 11 is 11.7. The Morgan fingerprint density at radius 1 is 1.28 bits per heavy atom. The van der Waals surface area contributed by atoms with E-state index in [9.17, 15) is 23.1 Å². The van der Waals surface area contributed by atoms with E-state index >= 15 is 0 Å². The van der Waals surface area contributed by atoms with Crippen LogP contribution in [0.3, 0.4) is 0 Å². The van der Waals surface area contributed by atoms with E-state index in [4.69, 9.17) is 29.6 Å². The number of allylic oxidation sites excluding steroid dienone is 2. The number of aliphatic hydroxyl groups is 1. The molecule has 1 aromatic carbocycles. The number of thiocarbonyl (C=S) groups is 1. The summed E-state index contributed by atoms with van der Waals surface area (Å²) in [7, 11) is -3.95. The smallest absolute Gasteiger partial charge is 0.317 e. The van der Waals surface area contributed by atoms with Crippen LogP contribution in [0.1, 0.15) is 12.5 Å². The first-order valence-corrected chi connectivity index (χ1v) is 10.8. The zero-order valence-corrected chi connectivity index (χ0v) is 17.8. The molecule has 0 saturated heterocycles. The molecular weight excluding hydrogens is 440 g/mol. The minimum absolute atomic E-state index is 0.309. The van der Waals surface area contributed by atoms with Gasteiger partial charge in [0.1, 0.15) is 4.99 Å². The second-order valence-corrected chi connectivity index (χ2v) is 9.08. The predicted octanol–water partition coefficient (Wildman–Crippen LogP) is 0.809. The Kier molecular flexibility index (Phi) is 6.50. The van der Waals surface area contributed by atoms with Crippen molar-refractivity contribution in [1.29, 1.82) is 0 Å². The average Bonchev–Trinajstić information content (AvgIpc) is 2.55. The normalized spacial score (nSPS) is 23.8. The molecular formula is C17H19ClN4O5S2. The Balaban J connectivity index is 2.64. The number of benzene rings is 1. The maximum Gasteiger partial charge on any atom is 0.317 e. The summed E-state index contributed by atoms with van der Waals surface area (Å²) in [5.41, 5.74) is 4.06. The molecule has 0 radical (unpaired) electrons. The molecule has 0 heterocycles. The fourth-order valence-electron chi connectivity index (χ4n) is 2.74. The highest BCUT2D eigenvalue weighted by Crippen LogP contribution is 2.40. The quantitative estimate of drug-likeness (QED) is 0.250. The number of anilines is 1. The standard InChI is InChI=1S/C17H19ClN4O5S2/c1-10(23)20-13-6-4-3-5-12(13)11-7-8-17(25,22-29(2,26)27)16(18,9-11)14(28)21-15(19)24/h3-9,22,25H,1-2H3,(H,20,23)(H3,19,21,24,28). The van der Waals surface area contributed by atoms with Gasteiger partial charge in [0.2, 0.25) is 15.9 Å². The molecule has 9 nitrogen and oxygen atoms in total. The number of carbonyl (C=O) groups is 2. The highest BCUT2D eigenvalue weighted by molar-refractivity contribution is 7.88. The van der Waals surface area contributed by atoms with E-state index in [1.54, 1.807) is 24.3 Å². The van der Waals surface area contributed by atoms with Gasteiger partial charge >= 0.3 is 6.03 Å². The molecule has 1 aliphatic rings. The van der Waals surface area contributed by atoms with Crippen molar-refractivity contribution in [2.24, 2.45) is 5.73 Å². The number of hydrogen-bond donors (Lipinski definition) is 5. The minimum atomic E-state index is -3.95. The maximum atomic E-state index is 11.8. The Hall–Kier alpha value is -2.31. The van der Waals surface area contributed by atoms with E-state index in [0.29, 0.717) is 16.8 Å². The monoisotopic (exact) mass is 458 g/mol. The lowest BCUT2D eigenvalue weighted by molar-refractivity contribution is -0.114. The van der Waals surface area contributed by atoms with Gasteiger partial charge in [-0.3, -0.25) is 4.79 Å². The van der Waals surface area contributed by atoms with Crippen molar-refractivity contribution < 1.29 is 23.1 Å². The molecule has 2 unspecified atom stereocenters. The molecule has 12 heteroatoms. The molecule has 2 rings (SSSR count). The third kappa shape index (κ3) is 5.19. The summed E-state index contributed by atoms with van der Waals surface area (Å²) in [5, 5.41) is 15.8. The van der Waals surface area contributed by atoms with Crippen LogP contribution in [0, 0.1) is 0 Å². The molecule has 0 spiro atoms. The summed E-state index contributed by atoms with van der Waals surface area (Å²) in [4.78, 5) is 20.2. The summed E-state index contributed by atoms with van der Waals surface area (Å²) in [6.45, 7) is 1.34. The number of amides is 3. The van der Waals surface area contributed by atoms with Crippen molar-refractivity contribution in [2.45, 2.75) is 17.5 Å².